The number of rotatable bonds is 7. The summed E-state index contributed by atoms with van der Waals surface area (Å²) < 4.78 is 35.3. The third-order valence-corrected chi connectivity index (χ3v) is 7.63. The molecule has 4 rings (SSSR count). The number of hydrogen-bond acceptors (Lipinski definition) is 7. The van der Waals surface area contributed by atoms with E-state index in [1.807, 2.05) is 11.6 Å². The van der Waals surface area contributed by atoms with Gasteiger partial charge in [-0.15, -0.1) is 11.3 Å². The first-order chi connectivity index (χ1) is 13.6. The summed E-state index contributed by atoms with van der Waals surface area (Å²) >= 11 is 1.20. The van der Waals surface area contributed by atoms with Crippen LogP contribution in [0.5, 0.6) is 0 Å². The summed E-state index contributed by atoms with van der Waals surface area (Å²) in [6.45, 7) is 4.34. The fraction of sp³-hybridized carbons (Fsp3) is 0.444. The van der Waals surface area contributed by atoms with Gasteiger partial charge in [0.1, 0.15) is 4.21 Å². The number of thiophene rings is 1. The number of aryl methyl sites for hydroxylation is 1. The SMILES string of the molecule is CCn1ncc2c(NC3CCOCC3)c(CNS(=O)(=O)c3cccs3)cnc21. The number of nitrogens with one attached hydrogen (secondary N) is 2. The fourth-order valence-electron chi connectivity index (χ4n) is 3.31. The van der Waals surface area contributed by atoms with Gasteiger partial charge in [0.05, 0.1) is 17.3 Å². The molecule has 8 nitrogen and oxygen atoms in total. The normalized spacial score (nSPS) is 15.9. The Morgan fingerprint density at radius 2 is 2.14 bits per heavy atom. The van der Waals surface area contributed by atoms with Crippen LogP contribution in [-0.4, -0.2) is 42.4 Å². The molecule has 0 aromatic carbocycles. The Morgan fingerprint density at radius 3 is 2.86 bits per heavy atom. The lowest BCUT2D eigenvalue weighted by atomic mass is 10.1. The highest BCUT2D eigenvalue weighted by atomic mass is 32.2. The summed E-state index contributed by atoms with van der Waals surface area (Å²) in [6, 6.07) is 3.60. The van der Waals surface area contributed by atoms with Crippen molar-refractivity contribution in [3.05, 3.63) is 35.5 Å². The van der Waals surface area contributed by atoms with Gasteiger partial charge in [-0.2, -0.15) is 5.10 Å². The van der Waals surface area contributed by atoms with Crippen LogP contribution >= 0.6 is 11.3 Å². The van der Waals surface area contributed by atoms with Gasteiger partial charge in [-0.05, 0) is 31.2 Å². The topological polar surface area (TPSA) is 98.1 Å². The van der Waals surface area contributed by atoms with E-state index in [1.54, 1.807) is 29.9 Å². The molecule has 1 aliphatic rings. The summed E-state index contributed by atoms with van der Waals surface area (Å²) in [5.41, 5.74) is 2.49. The van der Waals surface area contributed by atoms with Crippen molar-refractivity contribution in [1.29, 1.82) is 0 Å². The second-order valence-electron chi connectivity index (χ2n) is 6.64. The van der Waals surface area contributed by atoms with Crippen LogP contribution in [0.25, 0.3) is 11.0 Å². The first-order valence-electron chi connectivity index (χ1n) is 9.29. The zero-order valence-electron chi connectivity index (χ0n) is 15.6. The minimum atomic E-state index is -3.55. The van der Waals surface area contributed by atoms with Gasteiger partial charge < -0.3 is 10.1 Å². The van der Waals surface area contributed by atoms with Gasteiger partial charge in [-0.1, -0.05) is 6.07 Å². The lowest BCUT2D eigenvalue weighted by Gasteiger charge is -2.25. The summed E-state index contributed by atoms with van der Waals surface area (Å²) in [5.74, 6) is 0. The number of hydrogen-bond donors (Lipinski definition) is 2. The van der Waals surface area contributed by atoms with Crippen molar-refractivity contribution in [2.75, 3.05) is 18.5 Å². The number of sulfonamides is 1. The predicted octanol–water partition coefficient (Wildman–Crippen LogP) is 2.58. The van der Waals surface area contributed by atoms with E-state index in [1.165, 1.54) is 11.3 Å². The molecular weight excluding hydrogens is 398 g/mol. The number of ether oxygens (including phenoxy) is 1. The Labute approximate surface area is 168 Å². The minimum absolute atomic E-state index is 0.159. The maximum absolute atomic E-state index is 12.5. The van der Waals surface area contributed by atoms with Crippen LogP contribution in [0.3, 0.4) is 0 Å². The summed E-state index contributed by atoms with van der Waals surface area (Å²) in [7, 11) is -3.55. The van der Waals surface area contributed by atoms with Crippen LogP contribution in [0.15, 0.2) is 34.1 Å². The van der Waals surface area contributed by atoms with E-state index in [0.717, 1.165) is 54.9 Å². The minimum Gasteiger partial charge on any atom is -0.381 e. The van der Waals surface area contributed by atoms with Crippen molar-refractivity contribution in [1.82, 2.24) is 19.5 Å². The molecule has 28 heavy (non-hydrogen) atoms. The van der Waals surface area contributed by atoms with Crippen molar-refractivity contribution in [2.24, 2.45) is 0 Å². The Bertz CT molecular complexity index is 1040. The van der Waals surface area contributed by atoms with Crippen molar-refractivity contribution in [3.8, 4) is 0 Å². The number of nitrogens with zero attached hydrogens (tertiary/aromatic N) is 3. The molecule has 3 aromatic heterocycles. The number of pyridine rings is 1. The number of anilines is 1. The van der Waals surface area contributed by atoms with E-state index in [9.17, 15) is 8.42 Å². The van der Waals surface area contributed by atoms with E-state index in [0.29, 0.717) is 4.21 Å². The third kappa shape index (κ3) is 3.90. The monoisotopic (exact) mass is 421 g/mol. The van der Waals surface area contributed by atoms with Gasteiger partial charge in [0, 0.05) is 44.1 Å². The van der Waals surface area contributed by atoms with E-state index in [-0.39, 0.29) is 12.6 Å². The molecule has 1 fully saturated rings. The van der Waals surface area contributed by atoms with E-state index < -0.39 is 10.0 Å². The molecule has 4 heterocycles. The van der Waals surface area contributed by atoms with Gasteiger partial charge in [-0.3, -0.25) is 0 Å². The number of aromatic nitrogens is 3. The first-order valence-corrected chi connectivity index (χ1v) is 11.7. The molecule has 1 aliphatic heterocycles. The Hall–Kier alpha value is -2.01. The molecular formula is C18H23N5O3S2. The Kier molecular flexibility index (Phi) is 5.63. The van der Waals surface area contributed by atoms with Crippen molar-refractivity contribution < 1.29 is 13.2 Å². The average Bonchev–Trinajstić information content (AvgIpc) is 3.38. The van der Waals surface area contributed by atoms with Gasteiger partial charge >= 0.3 is 0 Å². The van der Waals surface area contributed by atoms with E-state index >= 15 is 0 Å². The Balaban J connectivity index is 1.65. The van der Waals surface area contributed by atoms with Crippen molar-refractivity contribution in [2.45, 2.75) is 43.1 Å². The van der Waals surface area contributed by atoms with Crippen molar-refractivity contribution >= 4 is 38.1 Å². The fourth-order valence-corrected chi connectivity index (χ4v) is 5.35. The smallest absolute Gasteiger partial charge is 0.250 e. The van der Waals surface area contributed by atoms with Crippen LogP contribution in [-0.2, 0) is 27.8 Å². The van der Waals surface area contributed by atoms with Gasteiger partial charge in [0.2, 0.25) is 10.0 Å². The van der Waals surface area contributed by atoms with Gasteiger partial charge in [0.15, 0.2) is 5.65 Å². The Morgan fingerprint density at radius 1 is 1.32 bits per heavy atom. The average molecular weight is 422 g/mol. The summed E-state index contributed by atoms with van der Waals surface area (Å²) in [5, 5.41) is 10.7. The van der Waals surface area contributed by atoms with E-state index in [4.69, 9.17) is 4.74 Å². The molecule has 0 radical (unpaired) electrons. The molecule has 0 unspecified atom stereocenters. The van der Waals surface area contributed by atoms with Crippen LogP contribution in [0, 0.1) is 0 Å². The molecule has 3 aromatic rings. The van der Waals surface area contributed by atoms with Crippen LogP contribution in [0.2, 0.25) is 0 Å². The largest absolute Gasteiger partial charge is 0.381 e. The standard InChI is InChI=1S/C18H23N5O3S2/c1-2-23-18-15(12-20-23)17(22-14-5-7-26-8-6-14)13(10-19-18)11-21-28(24,25)16-4-3-9-27-16/h3-4,9-10,12,14,21H,2,5-8,11H2,1H3,(H,19,22). The van der Waals surface area contributed by atoms with Crippen LogP contribution < -0.4 is 10.0 Å². The zero-order chi connectivity index (χ0) is 19.6. The second kappa shape index (κ2) is 8.16. The maximum atomic E-state index is 12.5. The highest BCUT2D eigenvalue weighted by Gasteiger charge is 2.21. The maximum Gasteiger partial charge on any atom is 0.250 e. The predicted molar refractivity (Wildman–Crippen MR) is 109 cm³/mol. The van der Waals surface area contributed by atoms with Crippen molar-refractivity contribution in [3.63, 3.8) is 0 Å². The molecule has 0 spiro atoms. The van der Waals surface area contributed by atoms with Gasteiger partial charge in [0.25, 0.3) is 0 Å². The molecule has 0 amide bonds. The molecule has 0 aliphatic carbocycles. The zero-order valence-corrected chi connectivity index (χ0v) is 17.2. The van der Waals surface area contributed by atoms with Crippen LogP contribution in [0.4, 0.5) is 5.69 Å². The lowest BCUT2D eigenvalue weighted by Crippen LogP contribution is -2.29. The lowest BCUT2D eigenvalue weighted by molar-refractivity contribution is 0.0904. The van der Waals surface area contributed by atoms with Crippen LogP contribution in [0.1, 0.15) is 25.3 Å². The third-order valence-electron chi connectivity index (χ3n) is 4.83. The number of fused-ring (bicyclic) bond motifs is 1. The molecule has 0 atom stereocenters. The molecule has 2 N–H and O–H groups in total. The summed E-state index contributed by atoms with van der Waals surface area (Å²) in [6.07, 6.45) is 5.34. The van der Waals surface area contributed by atoms with Gasteiger partial charge in [-0.25, -0.2) is 22.8 Å². The first kappa shape index (κ1) is 19.3. The molecule has 150 valence electrons. The quantitative estimate of drug-likeness (QED) is 0.608. The summed E-state index contributed by atoms with van der Waals surface area (Å²) in [4.78, 5) is 4.53. The van der Waals surface area contributed by atoms with E-state index in [2.05, 4.69) is 20.1 Å². The molecule has 0 bridgehead atoms. The molecule has 0 saturated carbocycles. The highest BCUT2D eigenvalue weighted by molar-refractivity contribution is 7.91. The second-order valence-corrected chi connectivity index (χ2v) is 9.59. The molecule has 10 heteroatoms. The molecule has 1 saturated heterocycles. The highest BCUT2D eigenvalue weighted by Crippen LogP contribution is 2.28.